The molecule has 0 N–H and O–H groups in total. The second kappa shape index (κ2) is 6.35. The van der Waals surface area contributed by atoms with E-state index in [1.54, 1.807) is 4.31 Å². The summed E-state index contributed by atoms with van der Waals surface area (Å²) in [5.74, 6) is 0.178. The fourth-order valence-corrected chi connectivity index (χ4v) is 3.99. The normalized spacial score (nSPS) is 21.4. The van der Waals surface area contributed by atoms with Gasteiger partial charge in [-0.1, -0.05) is 27.7 Å². The molecule has 0 radical (unpaired) electrons. The maximum Gasteiger partial charge on any atom is 0.227 e. The summed E-state index contributed by atoms with van der Waals surface area (Å²) in [6.45, 7) is 11.5. The lowest BCUT2D eigenvalue weighted by molar-refractivity contribution is 0.192. The Morgan fingerprint density at radius 3 is 2.17 bits per heavy atom. The average Bonchev–Trinajstić information content (AvgIpc) is 2.27. The first kappa shape index (κ1) is 15.9. The van der Waals surface area contributed by atoms with Crippen molar-refractivity contribution in [3.63, 3.8) is 0 Å². The van der Waals surface area contributed by atoms with Crippen LogP contribution in [0.4, 0.5) is 0 Å². The van der Waals surface area contributed by atoms with Gasteiger partial charge in [0.15, 0.2) is 0 Å². The molecular weight excluding hydrogens is 248 g/mol. The predicted octanol–water partition coefficient (Wildman–Crippen LogP) is 2.13. The van der Waals surface area contributed by atoms with Crippen molar-refractivity contribution in [2.24, 2.45) is 5.41 Å². The molecule has 0 unspecified atom stereocenters. The highest BCUT2D eigenvalue weighted by molar-refractivity contribution is 7.89. The first-order chi connectivity index (χ1) is 8.30. The van der Waals surface area contributed by atoms with Gasteiger partial charge in [0.05, 0.1) is 0 Å². The molecule has 0 amide bonds. The predicted molar refractivity (Wildman–Crippen MR) is 75.9 cm³/mol. The van der Waals surface area contributed by atoms with E-state index in [0.29, 0.717) is 18.5 Å². The maximum atomic E-state index is 12.3. The van der Waals surface area contributed by atoms with Crippen LogP contribution in [0.15, 0.2) is 0 Å². The van der Waals surface area contributed by atoms with Crippen LogP contribution in [0.3, 0.4) is 0 Å². The molecule has 18 heavy (non-hydrogen) atoms. The molecule has 1 heterocycles. The van der Waals surface area contributed by atoms with E-state index in [4.69, 9.17) is 0 Å². The highest BCUT2D eigenvalue weighted by Gasteiger charge is 2.32. The smallest absolute Gasteiger partial charge is 0.227 e. The second-order valence-corrected chi connectivity index (χ2v) is 7.95. The number of hydrogen-bond donors (Lipinski definition) is 0. The van der Waals surface area contributed by atoms with Crippen LogP contribution in [-0.4, -0.2) is 49.7 Å². The number of piperidine rings is 1. The van der Waals surface area contributed by atoms with E-state index in [1.165, 1.54) is 0 Å². The second-order valence-electron chi connectivity index (χ2n) is 6.01. The van der Waals surface area contributed by atoms with Gasteiger partial charge in [-0.05, 0) is 37.8 Å². The Balaban J connectivity index is 2.59. The summed E-state index contributed by atoms with van der Waals surface area (Å²) in [4.78, 5) is 2.01. The molecule has 0 aromatic heterocycles. The van der Waals surface area contributed by atoms with Crippen molar-refractivity contribution in [1.29, 1.82) is 0 Å². The zero-order valence-corrected chi connectivity index (χ0v) is 13.1. The van der Waals surface area contributed by atoms with E-state index >= 15 is 0 Å². The third-order valence-corrected chi connectivity index (χ3v) is 5.65. The van der Waals surface area contributed by atoms with Crippen molar-refractivity contribution >= 4 is 10.0 Å². The van der Waals surface area contributed by atoms with Gasteiger partial charge in [0.25, 0.3) is 0 Å². The monoisotopic (exact) mass is 276 g/mol. The fourth-order valence-electron chi connectivity index (χ4n) is 2.31. The largest absolute Gasteiger partial charge is 0.289 e. The van der Waals surface area contributed by atoms with Crippen molar-refractivity contribution < 1.29 is 8.42 Å². The van der Waals surface area contributed by atoms with Crippen molar-refractivity contribution in [2.45, 2.75) is 47.0 Å². The Labute approximate surface area is 112 Å². The van der Waals surface area contributed by atoms with Gasteiger partial charge in [-0.25, -0.2) is 12.7 Å². The van der Waals surface area contributed by atoms with E-state index in [1.807, 2.05) is 11.8 Å². The summed E-state index contributed by atoms with van der Waals surface area (Å²) in [6, 6.07) is 0. The van der Waals surface area contributed by atoms with Crippen LogP contribution in [0, 0.1) is 5.41 Å². The SMILES string of the molecule is CCCN(CC)CS(=O)(=O)N1CCC(C)(C)CC1. The molecule has 4 nitrogen and oxygen atoms in total. The fraction of sp³-hybridized carbons (Fsp3) is 1.00. The minimum Gasteiger partial charge on any atom is -0.289 e. The Kier molecular flexibility index (Phi) is 5.62. The lowest BCUT2D eigenvalue weighted by Crippen LogP contribution is -2.45. The molecule has 0 saturated carbocycles. The lowest BCUT2D eigenvalue weighted by Gasteiger charge is -2.37. The summed E-state index contributed by atoms with van der Waals surface area (Å²) >= 11 is 0. The minimum absolute atomic E-state index is 0.178. The van der Waals surface area contributed by atoms with Crippen molar-refractivity contribution in [3.05, 3.63) is 0 Å². The van der Waals surface area contributed by atoms with Crippen LogP contribution in [-0.2, 0) is 10.0 Å². The molecule has 0 spiro atoms. The van der Waals surface area contributed by atoms with E-state index in [0.717, 1.165) is 32.4 Å². The minimum atomic E-state index is -3.11. The summed E-state index contributed by atoms with van der Waals surface area (Å²) in [5, 5.41) is 0. The van der Waals surface area contributed by atoms with Crippen molar-refractivity contribution in [3.8, 4) is 0 Å². The van der Waals surface area contributed by atoms with Gasteiger partial charge in [0, 0.05) is 13.1 Å². The van der Waals surface area contributed by atoms with E-state index in [9.17, 15) is 8.42 Å². The van der Waals surface area contributed by atoms with E-state index in [-0.39, 0.29) is 5.88 Å². The highest BCUT2D eigenvalue weighted by Crippen LogP contribution is 2.30. The molecular formula is C13H28N2O2S. The van der Waals surface area contributed by atoms with Crippen molar-refractivity contribution in [1.82, 2.24) is 9.21 Å². The quantitative estimate of drug-likeness (QED) is 0.746. The molecule has 1 fully saturated rings. The summed E-state index contributed by atoms with van der Waals surface area (Å²) in [6.07, 6.45) is 2.93. The molecule has 1 rings (SSSR count). The average molecular weight is 276 g/mol. The zero-order chi connectivity index (χ0) is 13.8. The van der Waals surface area contributed by atoms with Gasteiger partial charge < -0.3 is 0 Å². The van der Waals surface area contributed by atoms with Crippen molar-refractivity contribution in [2.75, 3.05) is 32.1 Å². The van der Waals surface area contributed by atoms with Crippen LogP contribution in [0.5, 0.6) is 0 Å². The number of hydrogen-bond acceptors (Lipinski definition) is 3. The lowest BCUT2D eigenvalue weighted by atomic mass is 9.83. The molecule has 0 aromatic carbocycles. The first-order valence-corrected chi connectivity index (χ1v) is 8.62. The summed E-state index contributed by atoms with van der Waals surface area (Å²) in [5.41, 5.74) is 0.292. The van der Waals surface area contributed by atoms with E-state index < -0.39 is 10.0 Å². The van der Waals surface area contributed by atoms with Gasteiger partial charge in [0.2, 0.25) is 10.0 Å². The Morgan fingerprint density at radius 1 is 1.17 bits per heavy atom. The standard InChI is InChI=1S/C13H28N2O2S/c1-5-9-14(6-2)12-18(16,17)15-10-7-13(3,4)8-11-15/h5-12H2,1-4H3. The Morgan fingerprint density at radius 2 is 1.72 bits per heavy atom. The van der Waals surface area contributed by atoms with Crippen LogP contribution in [0.2, 0.25) is 0 Å². The van der Waals surface area contributed by atoms with E-state index in [2.05, 4.69) is 20.8 Å². The molecule has 0 bridgehead atoms. The van der Waals surface area contributed by atoms with Crippen LogP contribution < -0.4 is 0 Å². The van der Waals surface area contributed by atoms with Gasteiger partial charge in [-0.2, -0.15) is 0 Å². The van der Waals surface area contributed by atoms with Gasteiger partial charge in [-0.15, -0.1) is 0 Å². The molecule has 108 valence electrons. The molecule has 5 heteroatoms. The molecule has 1 aliphatic heterocycles. The van der Waals surface area contributed by atoms with Crippen LogP contribution in [0.1, 0.15) is 47.0 Å². The summed E-state index contributed by atoms with van der Waals surface area (Å²) < 4.78 is 26.3. The number of nitrogens with zero attached hydrogens (tertiary/aromatic N) is 2. The van der Waals surface area contributed by atoms with Gasteiger partial charge in [-0.3, -0.25) is 4.90 Å². The highest BCUT2D eigenvalue weighted by atomic mass is 32.2. The van der Waals surface area contributed by atoms with Crippen LogP contribution in [0.25, 0.3) is 0 Å². The molecule has 0 aliphatic carbocycles. The third-order valence-electron chi connectivity index (χ3n) is 3.80. The maximum absolute atomic E-state index is 12.3. The topological polar surface area (TPSA) is 40.6 Å². The molecule has 0 atom stereocenters. The third kappa shape index (κ3) is 4.52. The first-order valence-electron chi connectivity index (χ1n) is 7.01. The zero-order valence-electron chi connectivity index (χ0n) is 12.3. The Bertz CT molecular complexity index is 342. The Hall–Kier alpha value is -0.130. The van der Waals surface area contributed by atoms with Gasteiger partial charge >= 0.3 is 0 Å². The van der Waals surface area contributed by atoms with Gasteiger partial charge in [0.1, 0.15) is 5.88 Å². The summed E-state index contributed by atoms with van der Waals surface area (Å²) in [7, 11) is -3.11. The number of sulfonamides is 1. The molecule has 1 saturated heterocycles. The number of rotatable bonds is 6. The molecule has 1 aliphatic rings. The van der Waals surface area contributed by atoms with Crippen LogP contribution >= 0.6 is 0 Å². The molecule has 0 aromatic rings.